The van der Waals surface area contributed by atoms with E-state index in [2.05, 4.69) is 30.9 Å². The van der Waals surface area contributed by atoms with E-state index in [1.54, 1.807) is 13.8 Å². The van der Waals surface area contributed by atoms with E-state index in [-0.39, 0.29) is 36.8 Å². The molecule has 3 aromatic heterocycles. The minimum atomic E-state index is -4.68. The summed E-state index contributed by atoms with van der Waals surface area (Å²) in [5.41, 5.74) is 4.21. The normalized spacial score (nSPS) is 13.1. The molecule has 1 amide bonds. The zero-order valence-electron chi connectivity index (χ0n) is 17.3. The van der Waals surface area contributed by atoms with E-state index < -0.39 is 35.9 Å². The van der Waals surface area contributed by atoms with Crippen LogP contribution < -0.4 is 11.1 Å². The molecule has 0 aromatic carbocycles. The monoisotopic (exact) mass is 497 g/mol. The smallest absolute Gasteiger partial charge is 0.348 e. The molecule has 0 aliphatic rings. The van der Waals surface area contributed by atoms with Crippen LogP contribution in [0.5, 0.6) is 0 Å². The molecule has 3 aromatic rings. The second-order valence-electron chi connectivity index (χ2n) is 7.72. The molecule has 0 aliphatic carbocycles. The molecular formula is C17H21ClF5N9O. The highest BCUT2D eigenvalue weighted by molar-refractivity contribution is 5.85. The molecule has 0 radical (unpaired) electrons. The number of nitrogens with zero attached hydrogens (tertiary/aromatic N) is 6. The Bertz CT molecular complexity index is 1060. The van der Waals surface area contributed by atoms with Gasteiger partial charge in [0, 0.05) is 6.20 Å². The topological polar surface area (TPSA) is 132 Å². The Kier molecular flexibility index (Phi) is 7.79. The van der Waals surface area contributed by atoms with Crippen LogP contribution in [0.2, 0.25) is 0 Å². The molecule has 0 bridgehead atoms. The van der Waals surface area contributed by atoms with E-state index in [1.807, 2.05) is 0 Å². The third kappa shape index (κ3) is 6.47. The van der Waals surface area contributed by atoms with E-state index >= 15 is 0 Å². The van der Waals surface area contributed by atoms with Crippen molar-refractivity contribution < 1.29 is 26.7 Å². The number of halogens is 6. The largest absolute Gasteiger partial charge is 0.435 e. The molecule has 0 fully saturated rings. The first-order valence-electron chi connectivity index (χ1n) is 9.26. The van der Waals surface area contributed by atoms with Gasteiger partial charge in [-0.25, -0.2) is 4.68 Å². The summed E-state index contributed by atoms with van der Waals surface area (Å²) in [5.74, 6) is -0.619. The molecule has 3 heterocycles. The number of hydrogen-bond donors (Lipinski definition) is 3. The van der Waals surface area contributed by atoms with Crippen molar-refractivity contribution in [1.82, 2.24) is 40.3 Å². The third-order valence-electron chi connectivity index (χ3n) is 4.40. The number of amides is 1. The Morgan fingerprint density at radius 2 is 1.97 bits per heavy atom. The maximum Gasteiger partial charge on any atom is 0.435 e. The van der Waals surface area contributed by atoms with Gasteiger partial charge in [0.15, 0.2) is 5.69 Å². The second kappa shape index (κ2) is 9.82. The molecule has 0 aliphatic heterocycles. The quantitative estimate of drug-likeness (QED) is 0.409. The highest BCUT2D eigenvalue weighted by Gasteiger charge is 2.36. The number of carbonyl (C=O) groups excluding carboxylic acids is 1. The summed E-state index contributed by atoms with van der Waals surface area (Å²) >= 11 is 0. The lowest BCUT2D eigenvalue weighted by molar-refractivity contribution is -0.141. The fraction of sp³-hybridized carbons (Fsp3) is 0.471. The van der Waals surface area contributed by atoms with Crippen LogP contribution in [0.1, 0.15) is 31.7 Å². The molecule has 0 saturated carbocycles. The van der Waals surface area contributed by atoms with Gasteiger partial charge < -0.3 is 11.1 Å². The van der Waals surface area contributed by atoms with Gasteiger partial charge in [-0.05, 0) is 31.9 Å². The predicted octanol–water partition coefficient (Wildman–Crippen LogP) is 2.17. The maximum atomic E-state index is 13.2. The average molecular weight is 498 g/mol. The number of nitrogens with one attached hydrogen (secondary N) is 2. The Morgan fingerprint density at radius 3 is 2.52 bits per heavy atom. The standard InChI is InChI=1S/C17H20F5N9O.ClH/c1-16(2,26-14(32)10(23)3-9-5-25-30(7-9)15(18)19)8-31-12(11-6-24-29-27-11)4-13(28-31)17(20,21)22;/h4-7,10,15H,3,8,23H2,1-2H3,(H,26,32)(H,24,27,29);1H/t10-;/m1./s1. The molecular weight excluding hydrogens is 477 g/mol. The zero-order valence-corrected chi connectivity index (χ0v) is 18.2. The molecule has 0 saturated heterocycles. The number of hydrogen-bond acceptors (Lipinski definition) is 6. The number of alkyl halides is 5. The van der Waals surface area contributed by atoms with Gasteiger partial charge in [-0.3, -0.25) is 9.48 Å². The van der Waals surface area contributed by atoms with Gasteiger partial charge >= 0.3 is 12.7 Å². The highest BCUT2D eigenvalue weighted by atomic mass is 35.5. The number of carbonyl (C=O) groups is 1. The van der Waals surface area contributed by atoms with Crippen molar-refractivity contribution in [2.75, 3.05) is 0 Å². The van der Waals surface area contributed by atoms with Crippen LogP contribution in [-0.4, -0.2) is 52.5 Å². The van der Waals surface area contributed by atoms with E-state index in [9.17, 15) is 26.7 Å². The van der Waals surface area contributed by atoms with Crippen LogP contribution in [0, 0.1) is 0 Å². The summed E-state index contributed by atoms with van der Waals surface area (Å²) in [5, 5.41) is 19.4. The first-order valence-corrected chi connectivity index (χ1v) is 9.26. The van der Waals surface area contributed by atoms with Crippen LogP contribution in [0.3, 0.4) is 0 Å². The Labute approximate surface area is 190 Å². The van der Waals surface area contributed by atoms with Gasteiger partial charge in [0.2, 0.25) is 5.91 Å². The Balaban J connectivity index is 0.00000385. The summed E-state index contributed by atoms with van der Waals surface area (Å²) in [4.78, 5) is 12.5. The lowest BCUT2D eigenvalue weighted by atomic mass is 10.0. The molecule has 33 heavy (non-hydrogen) atoms. The van der Waals surface area contributed by atoms with E-state index in [0.717, 1.165) is 16.9 Å². The summed E-state index contributed by atoms with van der Waals surface area (Å²) in [6.45, 7) is 0.192. The fourth-order valence-corrected chi connectivity index (χ4v) is 2.98. The summed E-state index contributed by atoms with van der Waals surface area (Å²) in [6.07, 6.45) is -1.23. The van der Waals surface area contributed by atoms with E-state index in [4.69, 9.17) is 5.73 Å². The number of aromatic amines is 1. The molecule has 0 unspecified atom stereocenters. The third-order valence-corrected chi connectivity index (χ3v) is 4.40. The van der Waals surface area contributed by atoms with Gasteiger partial charge in [-0.15, -0.1) is 12.4 Å². The van der Waals surface area contributed by atoms with Crippen molar-refractivity contribution in [3.05, 3.63) is 35.9 Å². The van der Waals surface area contributed by atoms with Crippen molar-refractivity contribution in [2.24, 2.45) is 5.73 Å². The molecule has 3 rings (SSSR count). The van der Waals surface area contributed by atoms with E-state index in [1.165, 1.54) is 12.4 Å². The predicted molar refractivity (Wildman–Crippen MR) is 107 cm³/mol. The lowest BCUT2D eigenvalue weighted by Gasteiger charge is -2.28. The summed E-state index contributed by atoms with van der Waals surface area (Å²) in [7, 11) is 0. The van der Waals surface area contributed by atoms with Gasteiger partial charge in [-0.1, -0.05) is 0 Å². The lowest BCUT2D eigenvalue weighted by Crippen LogP contribution is -2.53. The minimum Gasteiger partial charge on any atom is -0.348 e. The fourth-order valence-electron chi connectivity index (χ4n) is 2.98. The van der Waals surface area contributed by atoms with Crippen molar-refractivity contribution in [2.45, 2.75) is 51.1 Å². The van der Waals surface area contributed by atoms with Crippen LogP contribution >= 0.6 is 12.4 Å². The SMILES string of the molecule is CC(C)(Cn1nc(C(F)(F)F)cc1-c1cn[nH]n1)NC(=O)[C@H](N)Cc1cnn(C(F)F)c1.Cl. The minimum absolute atomic E-state index is 0. The summed E-state index contributed by atoms with van der Waals surface area (Å²) in [6, 6.07) is -0.259. The van der Waals surface area contributed by atoms with Crippen LogP contribution in [0.25, 0.3) is 11.4 Å². The van der Waals surface area contributed by atoms with Crippen molar-refractivity contribution >= 4 is 18.3 Å². The zero-order chi connectivity index (χ0) is 23.7. The van der Waals surface area contributed by atoms with Gasteiger partial charge in [0.25, 0.3) is 0 Å². The molecule has 10 nitrogen and oxygen atoms in total. The summed E-state index contributed by atoms with van der Waals surface area (Å²) < 4.78 is 66.2. The van der Waals surface area contributed by atoms with Crippen LogP contribution in [-0.2, 0) is 23.9 Å². The molecule has 1 atom stereocenters. The number of nitrogens with two attached hydrogens (primary N) is 1. The van der Waals surface area contributed by atoms with Gasteiger partial charge in [-0.2, -0.15) is 47.6 Å². The Hall–Kier alpha value is -3.07. The molecule has 182 valence electrons. The molecule has 0 spiro atoms. The average Bonchev–Trinajstić information content (AvgIpc) is 3.40. The second-order valence-corrected chi connectivity index (χ2v) is 7.72. The number of rotatable bonds is 8. The highest BCUT2D eigenvalue weighted by Crippen LogP contribution is 2.31. The first kappa shape index (κ1) is 26.2. The van der Waals surface area contributed by atoms with Crippen LogP contribution in [0.15, 0.2) is 24.7 Å². The Morgan fingerprint density at radius 1 is 1.27 bits per heavy atom. The molecule has 4 N–H and O–H groups in total. The van der Waals surface area contributed by atoms with Crippen molar-refractivity contribution in [3.8, 4) is 11.4 Å². The number of H-pyrrole nitrogens is 1. The number of aromatic nitrogens is 7. The van der Waals surface area contributed by atoms with Gasteiger partial charge in [0.1, 0.15) is 5.69 Å². The maximum absolute atomic E-state index is 13.2. The first-order chi connectivity index (χ1) is 14.9. The van der Waals surface area contributed by atoms with Gasteiger partial charge in [0.05, 0.1) is 36.2 Å². The van der Waals surface area contributed by atoms with E-state index in [0.29, 0.717) is 10.2 Å². The van der Waals surface area contributed by atoms with Crippen molar-refractivity contribution in [1.29, 1.82) is 0 Å². The van der Waals surface area contributed by atoms with Crippen molar-refractivity contribution in [3.63, 3.8) is 0 Å². The van der Waals surface area contributed by atoms with Crippen LogP contribution in [0.4, 0.5) is 22.0 Å². The molecule has 16 heteroatoms.